The van der Waals surface area contributed by atoms with Crippen molar-refractivity contribution < 1.29 is 14.3 Å². The summed E-state index contributed by atoms with van der Waals surface area (Å²) in [5.74, 6) is 2.18. The van der Waals surface area contributed by atoms with E-state index in [9.17, 15) is 9.59 Å². The summed E-state index contributed by atoms with van der Waals surface area (Å²) >= 11 is 0. The number of methoxy groups -OCH3 is 1. The molecule has 1 aliphatic heterocycles. The lowest BCUT2D eigenvalue weighted by Gasteiger charge is -2.27. The number of rotatable bonds is 8. The number of piperidine rings is 1. The number of benzene rings is 1. The number of aromatic nitrogens is 6. The van der Waals surface area contributed by atoms with Crippen LogP contribution in [-0.4, -0.2) is 71.5 Å². The Morgan fingerprint density at radius 1 is 1.07 bits per heavy atom. The second-order valence-corrected chi connectivity index (χ2v) is 12.5. The van der Waals surface area contributed by atoms with Crippen molar-refractivity contribution in [2.75, 3.05) is 19.0 Å². The monoisotopic (exact) mass is 606 g/mol. The molecule has 1 saturated heterocycles. The van der Waals surface area contributed by atoms with Crippen LogP contribution in [-0.2, 0) is 13.6 Å². The summed E-state index contributed by atoms with van der Waals surface area (Å²) in [4.78, 5) is 45.1. The summed E-state index contributed by atoms with van der Waals surface area (Å²) in [6.07, 6.45) is 7.39. The largest absolute Gasteiger partial charge is 0.494 e. The second-order valence-electron chi connectivity index (χ2n) is 12.5. The van der Waals surface area contributed by atoms with Gasteiger partial charge < -0.3 is 35.6 Å². The molecule has 2 amide bonds. The molecule has 2 bridgehead atoms. The fourth-order valence-electron chi connectivity index (χ4n) is 7.06. The summed E-state index contributed by atoms with van der Waals surface area (Å²) in [6, 6.07) is 9.87. The van der Waals surface area contributed by atoms with E-state index >= 15 is 0 Å². The van der Waals surface area contributed by atoms with Crippen molar-refractivity contribution in [3.05, 3.63) is 54.1 Å². The Hall–Kier alpha value is -5.04. The van der Waals surface area contributed by atoms with Crippen LogP contribution in [0.25, 0.3) is 33.6 Å². The molecule has 3 fully saturated rings. The zero-order valence-corrected chi connectivity index (χ0v) is 25.1. The highest BCUT2D eigenvalue weighted by atomic mass is 16.5. The highest BCUT2D eigenvalue weighted by Crippen LogP contribution is 2.40. The number of pyridine rings is 1. The van der Waals surface area contributed by atoms with Gasteiger partial charge in [0.25, 0.3) is 11.8 Å². The highest BCUT2D eigenvalue weighted by Gasteiger charge is 2.47. The van der Waals surface area contributed by atoms with Crippen molar-refractivity contribution >= 4 is 45.4 Å². The predicted molar refractivity (Wildman–Crippen MR) is 168 cm³/mol. The van der Waals surface area contributed by atoms with Crippen molar-refractivity contribution in [2.45, 2.75) is 44.3 Å². The van der Waals surface area contributed by atoms with E-state index < -0.39 is 5.91 Å². The van der Waals surface area contributed by atoms with E-state index in [0.29, 0.717) is 46.7 Å². The number of ether oxygens (including phenoxy) is 1. The number of likely N-dealkylation sites (tertiary alicyclic amines) is 1. The molecule has 13 nitrogen and oxygen atoms in total. The van der Waals surface area contributed by atoms with E-state index in [-0.39, 0.29) is 23.8 Å². The van der Waals surface area contributed by atoms with Crippen LogP contribution in [0.3, 0.4) is 0 Å². The molecular formula is C32H34N10O3. The Morgan fingerprint density at radius 2 is 1.87 bits per heavy atom. The fraction of sp³-hybridized carbons (Fsp3) is 0.375. The topological polar surface area (TPSA) is 172 Å². The van der Waals surface area contributed by atoms with Gasteiger partial charge in [0.1, 0.15) is 22.7 Å². The Bertz CT molecular complexity index is 1990. The molecule has 0 radical (unpaired) electrons. The minimum absolute atomic E-state index is 0.0215. The zero-order chi connectivity index (χ0) is 31.0. The highest BCUT2D eigenvalue weighted by molar-refractivity contribution is 6.00. The average Bonchev–Trinajstić information content (AvgIpc) is 3.45. The van der Waals surface area contributed by atoms with Gasteiger partial charge in [-0.05, 0) is 67.9 Å². The molecule has 0 spiro atoms. The van der Waals surface area contributed by atoms with Gasteiger partial charge in [-0.3, -0.25) is 9.59 Å². The van der Waals surface area contributed by atoms with E-state index in [1.165, 1.54) is 25.2 Å². The molecule has 0 unspecified atom stereocenters. The molecule has 5 heterocycles. The van der Waals surface area contributed by atoms with Crippen LogP contribution in [0, 0.1) is 11.8 Å². The average molecular weight is 607 g/mol. The molecule has 2 aliphatic carbocycles. The third kappa shape index (κ3) is 4.57. The van der Waals surface area contributed by atoms with Gasteiger partial charge in [0.05, 0.1) is 36.4 Å². The number of nitrogens with zero attached hydrogens (tertiary/aromatic N) is 7. The van der Waals surface area contributed by atoms with Crippen molar-refractivity contribution in [1.29, 1.82) is 0 Å². The van der Waals surface area contributed by atoms with Gasteiger partial charge in [0, 0.05) is 43.2 Å². The maximum Gasteiger partial charge on any atom is 0.286 e. The number of anilines is 2. The van der Waals surface area contributed by atoms with Crippen LogP contribution in [0.4, 0.5) is 11.5 Å². The smallest absolute Gasteiger partial charge is 0.286 e. The maximum absolute atomic E-state index is 13.7. The number of carbonyl (C=O) groups is 2. The number of nitrogens with one attached hydrogen (secondary N) is 1. The standard InChI is InChI=1S/C32H34N10O3/c1-40-27-21(9-19(11-24(27)45-2)32(44)42-15-18-5-7-22(42)26(18)33)38-31(40)23-10-17-6-8-25(39-30(17)41(23)14-16-3-4-16)37-20-12-35-29(28(34)43)36-13-20/h6,8-13,16,18,22,26H,3-5,7,14-15,33H2,1-2H3,(H2,34,43)(H,37,39)/t18-,22-,26-/m1/s1. The SMILES string of the molecule is COc1cc(C(=O)N2C[C@H]3CC[C@@H]2[C@@H]3N)cc2nc(-c3cc4ccc(Nc5cnc(C(N)=O)nc5)nc4n3CC3CC3)n(C)c12. The van der Waals surface area contributed by atoms with Gasteiger partial charge in [-0.15, -0.1) is 0 Å². The van der Waals surface area contributed by atoms with Crippen LogP contribution in [0.2, 0.25) is 0 Å². The number of imidazole rings is 1. The molecule has 230 valence electrons. The first-order valence-electron chi connectivity index (χ1n) is 15.3. The van der Waals surface area contributed by atoms with Crippen LogP contribution in [0.5, 0.6) is 5.75 Å². The summed E-state index contributed by atoms with van der Waals surface area (Å²) in [7, 11) is 3.60. The zero-order valence-electron chi connectivity index (χ0n) is 25.1. The minimum atomic E-state index is -0.683. The second kappa shape index (κ2) is 10.3. The van der Waals surface area contributed by atoms with Crippen molar-refractivity contribution in [3.8, 4) is 17.3 Å². The molecular weight excluding hydrogens is 572 g/mol. The lowest BCUT2D eigenvalue weighted by molar-refractivity contribution is 0.0700. The number of aryl methyl sites for hydroxylation is 1. The van der Waals surface area contributed by atoms with Crippen LogP contribution < -0.4 is 21.5 Å². The van der Waals surface area contributed by atoms with Gasteiger partial charge in [0.2, 0.25) is 5.82 Å². The number of nitrogens with two attached hydrogens (primary N) is 2. The van der Waals surface area contributed by atoms with E-state index in [1.54, 1.807) is 7.11 Å². The Balaban J connectivity index is 1.18. The number of primary amides is 1. The first-order chi connectivity index (χ1) is 21.8. The van der Waals surface area contributed by atoms with E-state index in [1.807, 2.05) is 40.8 Å². The lowest BCUT2D eigenvalue weighted by atomic mass is 10.1. The Morgan fingerprint density at radius 3 is 2.53 bits per heavy atom. The maximum atomic E-state index is 13.7. The quantitative estimate of drug-likeness (QED) is 0.240. The summed E-state index contributed by atoms with van der Waals surface area (Å²) in [6.45, 7) is 1.52. The van der Waals surface area contributed by atoms with Crippen molar-refractivity contribution in [2.24, 2.45) is 30.4 Å². The molecule has 2 saturated carbocycles. The van der Waals surface area contributed by atoms with Crippen molar-refractivity contribution in [1.82, 2.24) is 34.0 Å². The van der Waals surface area contributed by atoms with E-state index in [2.05, 4.69) is 25.9 Å². The number of hydrogen-bond acceptors (Lipinski definition) is 9. The van der Waals surface area contributed by atoms with Gasteiger partial charge >= 0.3 is 0 Å². The first-order valence-corrected chi connectivity index (χ1v) is 15.3. The molecule has 13 heteroatoms. The normalized spacial score (nSPS) is 20.8. The Labute approximate surface area is 258 Å². The lowest BCUT2D eigenvalue weighted by Crippen LogP contribution is -2.41. The summed E-state index contributed by atoms with van der Waals surface area (Å²) in [5.41, 5.74) is 16.1. The molecule has 45 heavy (non-hydrogen) atoms. The van der Waals surface area contributed by atoms with Gasteiger partial charge in [-0.25, -0.2) is 19.9 Å². The van der Waals surface area contributed by atoms with E-state index in [4.69, 9.17) is 26.2 Å². The molecule has 3 aliphatic rings. The van der Waals surface area contributed by atoms with E-state index in [0.717, 1.165) is 47.5 Å². The number of hydrogen-bond donors (Lipinski definition) is 3. The predicted octanol–water partition coefficient (Wildman–Crippen LogP) is 3.20. The Kier molecular flexibility index (Phi) is 6.27. The van der Waals surface area contributed by atoms with Crippen LogP contribution in [0.15, 0.2) is 42.7 Å². The molecule has 3 atom stereocenters. The van der Waals surface area contributed by atoms with Crippen molar-refractivity contribution in [3.63, 3.8) is 0 Å². The number of carbonyl (C=O) groups excluding carboxylic acids is 2. The molecule has 8 rings (SSSR count). The third-order valence-electron chi connectivity index (χ3n) is 9.57. The third-order valence-corrected chi connectivity index (χ3v) is 9.57. The molecule has 1 aromatic carbocycles. The first kappa shape index (κ1) is 27.5. The molecule has 4 aromatic heterocycles. The van der Waals surface area contributed by atoms with Gasteiger partial charge in [-0.1, -0.05) is 0 Å². The molecule has 5 aromatic rings. The molecule has 5 N–H and O–H groups in total. The van der Waals surface area contributed by atoms with Gasteiger partial charge in [0.15, 0.2) is 5.82 Å². The van der Waals surface area contributed by atoms with Crippen LogP contribution >= 0.6 is 0 Å². The minimum Gasteiger partial charge on any atom is -0.494 e. The van der Waals surface area contributed by atoms with Gasteiger partial charge in [-0.2, -0.15) is 0 Å². The van der Waals surface area contributed by atoms with Crippen LogP contribution in [0.1, 0.15) is 46.7 Å². The number of amides is 2. The fourth-order valence-corrected chi connectivity index (χ4v) is 7.06. The number of fused-ring (bicyclic) bond motifs is 4. The summed E-state index contributed by atoms with van der Waals surface area (Å²) < 4.78 is 10.1. The summed E-state index contributed by atoms with van der Waals surface area (Å²) in [5, 5.41) is 4.20.